The summed E-state index contributed by atoms with van der Waals surface area (Å²) in [5.41, 5.74) is 2.46. The van der Waals surface area contributed by atoms with Crippen LogP contribution in [0.1, 0.15) is 5.56 Å². The van der Waals surface area contributed by atoms with Crippen LogP contribution in [0, 0.1) is 6.92 Å². The van der Waals surface area contributed by atoms with Crippen LogP contribution in [0.2, 0.25) is 0 Å². The van der Waals surface area contributed by atoms with E-state index in [1.807, 2.05) is 31.2 Å². The molecular formula is C19H18N2O3. The van der Waals surface area contributed by atoms with E-state index in [9.17, 15) is 15.0 Å². The van der Waals surface area contributed by atoms with Crippen LogP contribution in [-0.2, 0) is 4.79 Å². The molecule has 0 radical (unpaired) electrons. The minimum atomic E-state index is -0.0135. The molecule has 0 heterocycles. The van der Waals surface area contributed by atoms with Gasteiger partial charge in [-0.25, -0.2) is 0 Å². The first-order valence-electron chi connectivity index (χ1n) is 7.59. The van der Waals surface area contributed by atoms with Gasteiger partial charge in [0.2, 0.25) is 0 Å². The highest BCUT2D eigenvalue weighted by molar-refractivity contribution is 6.05. The molecular weight excluding hydrogens is 304 g/mol. The number of carbonyl (C=O) groups excluding carboxylic acids is 1. The molecule has 0 spiro atoms. The van der Waals surface area contributed by atoms with Crippen LogP contribution >= 0.6 is 0 Å². The van der Waals surface area contributed by atoms with Gasteiger partial charge in [0.25, 0.3) is 0 Å². The Bertz CT molecular complexity index is 906. The van der Waals surface area contributed by atoms with Crippen molar-refractivity contribution in [3.63, 3.8) is 0 Å². The lowest BCUT2D eigenvalue weighted by molar-refractivity contribution is -0.106. The predicted molar refractivity (Wildman–Crippen MR) is 96.3 cm³/mol. The molecule has 3 rings (SSSR count). The van der Waals surface area contributed by atoms with Crippen molar-refractivity contribution in [1.82, 2.24) is 0 Å². The Labute approximate surface area is 139 Å². The Hall–Kier alpha value is -3.21. The maximum absolute atomic E-state index is 10.7. The van der Waals surface area contributed by atoms with Crippen molar-refractivity contribution in [3.05, 3.63) is 54.1 Å². The molecule has 0 amide bonds. The van der Waals surface area contributed by atoms with Gasteiger partial charge in [0, 0.05) is 16.5 Å². The van der Waals surface area contributed by atoms with Crippen LogP contribution in [0.4, 0.5) is 17.1 Å². The number of benzene rings is 3. The van der Waals surface area contributed by atoms with Gasteiger partial charge in [0.15, 0.2) is 0 Å². The summed E-state index contributed by atoms with van der Waals surface area (Å²) >= 11 is 0. The average Bonchev–Trinajstić information content (AvgIpc) is 2.59. The summed E-state index contributed by atoms with van der Waals surface area (Å²) in [7, 11) is 0. The second-order valence-corrected chi connectivity index (χ2v) is 5.53. The number of aldehydes is 1. The summed E-state index contributed by atoms with van der Waals surface area (Å²) in [5.74, 6) is -0.00120. The van der Waals surface area contributed by atoms with Crippen molar-refractivity contribution in [2.75, 3.05) is 17.2 Å². The Morgan fingerprint density at radius 1 is 0.958 bits per heavy atom. The Morgan fingerprint density at radius 2 is 1.62 bits per heavy atom. The largest absolute Gasteiger partial charge is 0.505 e. The van der Waals surface area contributed by atoms with Gasteiger partial charge in [-0.3, -0.25) is 0 Å². The zero-order chi connectivity index (χ0) is 17.1. The molecule has 0 aromatic heterocycles. The monoisotopic (exact) mass is 322 g/mol. The molecule has 0 aliphatic carbocycles. The number of aryl methyl sites for hydroxylation is 1. The van der Waals surface area contributed by atoms with Crippen LogP contribution in [-0.4, -0.2) is 23.0 Å². The molecule has 0 fully saturated rings. The molecule has 0 atom stereocenters. The number of fused-ring (bicyclic) bond motifs is 1. The lowest BCUT2D eigenvalue weighted by Crippen LogP contribution is -2.06. The molecule has 0 saturated heterocycles. The number of rotatable bonds is 5. The van der Waals surface area contributed by atoms with Crippen molar-refractivity contribution in [2.45, 2.75) is 6.92 Å². The van der Waals surface area contributed by atoms with Gasteiger partial charge in [-0.2, -0.15) is 0 Å². The third-order valence-electron chi connectivity index (χ3n) is 3.81. The SMILES string of the molecule is Cc1cccc(Nc2c(NCC=O)c(O)c3ccccc3c2O)c1. The highest BCUT2D eigenvalue weighted by atomic mass is 16.3. The van der Waals surface area contributed by atoms with E-state index in [1.54, 1.807) is 24.3 Å². The Morgan fingerprint density at radius 3 is 2.25 bits per heavy atom. The minimum Gasteiger partial charge on any atom is -0.505 e. The van der Waals surface area contributed by atoms with Crippen molar-refractivity contribution in [2.24, 2.45) is 0 Å². The minimum absolute atomic E-state index is 0.0123. The smallest absolute Gasteiger partial charge is 0.149 e. The topological polar surface area (TPSA) is 81.6 Å². The number of phenolic OH excluding ortho intramolecular Hbond substituents is 2. The van der Waals surface area contributed by atoms with Gasteiger partial charge in [0.05, 0.1) is 6.54 Å². The maximum atomic E-state index is 10.7. The van der Waals surface area contributed by atoms with Gasteiger partial charge < -0.3 is 25.6 Å². The average molecular weight is 322 g/mol. The van der Waals surface area contributed by atoms with Crippen LogP contribution in [0.25, 0.3) is 10.8 Å². The van der Waals surface area contributed by atoms with Gasteiger partial charge in [0.1, 0.15) is 29.2 Å². The fourth-order valence-electron chi connectivity index (χ4n) is 2.71. The number of aromatic hydroxyl groups is 2. The number of hydrogen-bond acceptors (Lipinski definition) is 5. The summed E-state index contributed by atoms with van der Waals surface area (Å²) < 4.78 is 0. The van der Waals surface area contributed by atoms with Crippen molar-refractivity contribution in [1.29, 1.82) is 0 Å². The third kappa shape index (κ3) is 2.84. The van der Waals surface area contributed by atoms with Crippen LogP contribution in [0.3, 0.4) is 0 Å². The molecule has 0 aliphatic heterocycles. The second kappa shape index (κ2) is 6.50. The predicted octanol–water partition coefficient (Wildman–Crippen LogP) is 3.91. The Balaban J connectivity index is 2.19. The van der Waals surface area contributed by atoms with Gasteiger partial charge in [-0.1, -0.05) is 36.4 Å². The number of carbonyl (C=O) groups is 1. The van der Waals surface area contributed by atoms with Gasteiger partial charge in [-0.05, 0) is 24.6 Å². The highest BCUT2D eigenvalue weighted by Crippen LogP contribution is 2.47. The summed E-state index contributed by atoms with van der Waals surface area (Å²) in [4.78, 5) is 10.7. The first kappa shape index (κ1) is 15.7. The van der Waals surface area contributed by atoms with Crippen LogP contribution in [0.15, 0.2) is 48.5 Å². The fraction of sp³-hybridized carbons (Fsp3) is 0.105. The first-order valence-corrected chi connectivity index (χ1v) is 7.59. The van der Waals surface area contributed by atoms with Gasteiger partial charge >= 0.3 is 0 Å². The summed E-state index contributed by atoms with van der Waals surface area (Å²) in [5, 5.41) is 28.3. The molecule has 122 valence electrons. The molecule has 0 bridgehead atoms. The van der Waals surface area contributed by atoms with E-state index >= 15 is 0 Å². The molecule has 3 aromatic rings. The molecule has 24 heavy (non-hydrogen) atoms. The quantitative estimate of drug-likeness (QED) is 0.325. The summed E-state index contributed by atoms with van der Waals surface area (Å²) in [6.45, 7) is 1.99. The van der Waals surface area contributed by atoms with Gasteiger partial charge in [-0.15, -0.1) is 0 Å². The maximum Gasteiger partial charge on any atom is 0.149 e. The van der Waals surface area contributed by atoms with Crippen molar-refractivity contribution >= 4 is 34.1 Å². The van der Waals surface area contributed by atoms with E-state index in [4.69, 9.17) is 0 Å². The van der Waals surface area contributed by atoms with E-state index in [1.165, 1.54) is 0 Å². The van der Waals surface area contributed by atoms with Crippen LogP contribution < -0.4 is 10.6 Å². The molecule has 0 unspecified atom stereocenters. The van der Waals surface area contributed by atoms with Crippen LogP contribution in [0.5, 0.6) is 11.5 Å². The highest BCUT2D eigenvalue weighted by Gasteiger charge is 2.18. The lowest BCUT2D eigenvalue weighted by atomic mass is 10.0. The normalized spacial score (nSPS) is 10.5. The standard InChI is InChI=1S/C19H18N2O3/c1-12-5-4-6-13(11-12)21-17-16(20-9-10-22)18(23)14-7-2-3-8-15(14)19(17)24/h2-8,10-11,20-21,23-24H,9H2,1H3. The zero-order valence-electron chi connectivity index (χ0n) is 13.2. The molecule has 3 aromatic carbocycles. The number of anilines is 3. The fourth-order valence-corrected chi connectivity index (χ4v) is 2.71. The second-order valence-electron chi connectivity index (χ2n) is 5.53. The Kier molecular flexibility index (Phi) is 4.24. The van der Waals surface area contributed by atoms with Crippen molar-refractivity contribution in [3.8, 4) is 11.5 Å². The van der Waals surface area contributed by atoms with E-state index in [2.05, 4.69) is 10.6 Å². The van der Waals surface area contributed by atoms with Crippen molar-refractivity contribution < 1.29 is 15.0 Å². The van der Waals surface area contributed by atoms with E-state index in [0.29, 0.717) is 28.4 Å². The molecule has 4 N–H and O–H groups in total. The number of phenols is 2. The molecule has 0 aliphatic rings. The molecule has 5 nitrogen and oxygen atoms in total. The lowest BCUT2D eigenvalue weighted by Gasteiger charge is -2.18. The van der Waals surface area contributed by atoms with E-state index in [-0.39, 0.29) is 18.0 Å². The number of nitrogens with one attached hydrogen (secondary N) is 2. The van der Waals surface area contributed by atoms with E-state index in [0.717, 1.165) is 11.3 Å². The van der Waals surface area contributed by atoms with E-state index < -0.39 is 0 Å². The third-order valence-corrected chi connectivity index (χ3v) is 3.81. The number of hydrogen-bond donors (Lipinski definition) is 4. The zero-order valence-corrected chi connectivity index (χ0v) is 13.2. The summed E-state index contributed by atoms with van der Waals surface area (Å²) in [6.07, 6.45) is 0.697. The molecule has 0 saturated carbocycles. The first-order chi connectivity index (χ1) is 11.6. The summed E-state index contributed by atoms with van der Waals surface area (Å²) in [6, 6.07) is 14.7. The molecule has 5 heteroatoms.